The van der Waals surface area contributed by atoms with E-state index in [1.54, 1.807) is 0 Å². The van der Waals surface area contributed by atoms with Gasteiger partial charge in [0.15, 0.2) is 0 Å². The van der Waals surface area contributed by atoms with E-state index in [1.165, 1.54) is 5.70 Å². The Labute approximate surface area is 76.7 Å². The van der Waals surface area contributed by atoms with Crippen LogP contribution >= 0.6 is 15.9 Å². The summed E-state index contributed by atoms with van der Waals surface area (Å²) in [5.74, 6) is 0. The Bertz CT molecular complexity index is 198. The number of aliphatic imine (C=N–C) groups is 1. The fraction of sp³-hybridized carbons (Fsp3) is 0.667. The Morgan fingerprint density at radius 2 is 2.18 bits per heavy atom. The number of nitrogens with zero attached hydrogens (tertiary/aromatic N) is 1. The zero-order chi connectivity index (χ0) is 8.48. The van der Waals surface area contributed by atoms with Crippen LogP contribution in [0.4, 0.5) is 0 Å². The van der Waals surface area contributed by atoms with Crippen molar-refractivity contribution >= 4 is 22.1 Å². The van der Waals surface area contributed by atoms with E-state index in [4.69, 9.17) is 0 Å². The molecule has 0 bridgehead atoms. The Morgan fingerprint density at radius 3 is 2.55 bits per heavy atom. The Balaban J connectivity index is 2.80. The lowest BCUT2D eigenvalue weighted by molar-refractivity contribution is 0.495. The van der Waals surface area contributed by atoms with E-state index in [0.717, 1.165) is 6.42 Å². The molecule has 0 N–H and O–H groups in total. The van der Waals surface area contributed by atoms with Gasteiger partial charge in [0.2, 0.25) is 0 Å². The molecule has 0 aromatic heterocycles. The van der Waals surface area contributed by atoms with Gasteiger partial charge in [-0.3, -0.25) is 4.99 Å². The van der Waals surface area contributed by atoms with Crippen molar-refractivity contribution in [1.29, 1.82) is 0 Å². The number of allylic oxidation sites excluding steroid dienone is 2. The van der Waals surface area contributed by atoms with Crippen molar-refractivity contribution in [2.75, 3.05) is 0 Å². The molecule has 0 aliphatic carbocycles. The Hall–Kier alpha value is -0.110. The van der Waals surface area contributed by atoms with Crippen LogP contribution in [0, 0.1) is 5.41 Å². The topological polar surface area (TPSA) is 12.4 Å². The molecule has 1 rings (SSSR count). The lowest BCUT2D eigenvalue weighted by Crippen LogP contribution is -2.13. The normalized spacial score (nSPS) is 25.1. The molecule has 0 aromatic rings. The molecule has 0 saturated carbocycles. The first kappa shape index (κ1) is 8.98. The second-order valence-electron chi connectivity index (χ2n) is 3.87. The second-order valence-corrected chi connectivity index (χ2v) is 5.04. The molecule has 0 saturated heterocycles. The van der Waals surface area contributed by atoms with E-state index in [2.05, 4.69) is 47.8 Å². The first-order valence-electron chi connectivity index (χ1n) is 3.89. The molecular formula is C9H14BrN. The second kappa shape index (κ2) is 3.10. The van der Waals surface area contributed by atoms with Crippen LogP contribution in [0.3, 0.4) is 0 Å². The molecule has 1 aliphatic heterocycles. The van der Waals surface area contributed by atoms with Crippen LogP contribution in [0.25, 0.3) is 0 Å². The minimum Gasteiger partial charge on any atom is -0.265 e. The van der Waals surface area contributed by atoms with Gasteiger partial charge in [0, 0.05) is 22.2 Å². The molecule has 0 aromatic carbocycles. The summed E-state index contributed by atoms with van der Waals surface area (Å²) in [6, 6.07) is 0. The van der Waals surface area contributed by atoms with Crippen LogP contribution in [-0.2, 0) is 0 Å². The highest BCUT2D eigenvalue weighted by atomic mass is 79.9. The molecule has 2 heteroatoms. The van der Waals surface area contributed by atoms with Crippen LogP contribution in [0.2, 0.25) is 0 Å². The number of alkyl halides is 1. The summed E-state index contributed by atoms with van der Waals surface area (Å²) >= 11 is 3.55. The lowest BCUT2D eigenvalue weighted by Gasteiger charge is -2.22. The van der Waals surface area contributed by atoms with Crippen LogP contribution < -0.4 is 0 Å². The molecule has 0 amide bonds. The summed E-state index contributed by atoms with van der Waals surface area (Å²) in [6.07, 6.45) is 5.19. The van der Waals surface area contributed by atoms with E-state index in [-0.39, 0.29) is 5.41 Å². The van der Waals surface area contributed by atoms with Crippen molar-refractivity contribution in [1.82, 2.24) is 0 Å². The highest BCUT2D eigenvalue weighted by Crippen LogP contribution is 2.29. The maximum absolute atomic E-state index is 4.36. The molecule has 1 nitrogen and oxygen atoms in total. The van der Waals surface area contributed by atoms with E-state index < -0.39 is 0 Å². The maximum Gasteiger partial charge on any atom is 0.0424 e. The van der Waals surface area contributed by atoms with Crippen molar-refractivity contribution in [2.24, 2.45) is 10.4 Å². The lowest BCUT2D eigenvalue weighted by atomic mass is 9.90. The molecule has 0 radical (unpaired) electrons. The largest absolute Gasteiger partial charge is 0.265 e. The van der Waals surface area contributed by atoms with Crippen LogP contribution in [0.5, 0.6) is 0 Å². The third kappa shape index (κ3) is 2.44. The van der Waals surface area contributed by atoms with Gasteiger partial charge in [-0.25, -0.2) is 0 Å². The minimum absolute atomic E-state index is 0.183. The van der Waals surface area contributed by atoms with Gasteiger partial charge in [0.05, 0.1) is 0 Å². The standard InChI is InChI=1S/C9H14BrN/c1-9(2,3)8-6-7(10)4-5-11-8/h5-7H,4H2,1-3H3. The zero-order valence-electron chi connectivity index (χ0n) is 7.26. The summed E-state index contributed by atoms with van der Waals surface area (Å²) in [5, 5.41) is 0. The number of rotatable bonds is 0. The van der Waals surface area contributed by atoms with Gasteiger partial charge in [-0.1, -0.05) is 36.7 Å². The van der Waals surface area contributed by atoms with Crippen molar-refractivity contribution < 1.29 is 0 Å². The van der Waals surface area contributed by atoms with Gasteiger partial charge >= 0.3 is 0 Å². The van der Waals surface area contributed by atoms with Crippen molar-refractivity contribution in [3.63, 3.8) is 0 Å². The van der Waals surface area contributed by atoms with E-state index >= 15 is 0 Å². The summed E-state index contributed by atoms with van der Waals surface area (Å²) in [4.78, 5) is 4.84. The van der Waals surface area contributed by atoms with E-state index in [0.29, 0.717) is 4.83 Å². The number of hydrogen-bond acceptors (Lipinski definition) is 1. The highest BCUT2D eigenvalue weighted by molar-refractivity contribution is 9.09. The average molecular weight is 216 g/mol. The average Bonchev–Trinajstić information content (AvgIpc) is 1.86. The minimum atomic E-state index is 0.183. The summed E-state index contributed by atoms with van der Waals surface area (Å²) < 4.78 is 0. The van der Waals surface area contributed by atoms with E-state index in [9.17, 15) is 0 Å². The number of hydrogen-bond donors (Lipinski definition) is 0. The summed E-state index contributed by atoms with van der Waals surface area (Å²) in [5.41, 5.74) is 1.37. The predicted octanol–water partition coefficient (Wildman–Crippen LogP) is 3.15. The molecule has 1 aliphatic rings. The van der Waals surface area contributed by atoms with Gasteiger partial charge in [0.1, 0.15) is 0 Å². The molecule has 0 spiro atoms. The third-order valence-electron chi connectivity index (χ3n) is 1.67. The fourth-order valence-corrected chi connectivity index (χ4v) is 1.40. The third-order valence-corrected chi connectivity index (χ3v) is 2.31. The SMILES string of the molecule is CC(C)(C)C1=CC(Br)CC=N1. The monoisotopic (exact) mass is 215 g/mol. The van der Waals surface area contributed by atoms with Crippen LogP contribution in [-0.4, -0.2) is 11.0 Å². The van der Waals surface area contributed by atoms with Gasteiger partial charge < -0.3 is 0 Å². The first-order chi connectivity index (χ1) is 5.00. The van der Waals surface area contributed by atoms with Crippen molar-refractivity contribution in [2.45, 2.75) is 32.0 Å². The quantitative estimate of drug-likeness (QED) is 0.551. The van der Waals surface area contributed by atoms with Crippen LogP contribution in [0.15, 0.2) is 16.8 Å². The molecule has 11 heavy (non-hydrogen) atoms. The van der Waals surface area contributed by atoms with E-state index in [1.807, 2.05) is 6.21 Å². The van der Waals surface area contributed by atoms with Gasteiger partial charge in [-0.05, 0) is 12.5 Å². The number of halogens is 1. The highest BCUT2D eigenvalue weighted by Gasteiger charge is 2.19. The smallest absolute Gasteiger partial charge is 0.0424 e. The molecule has 1 heterocycles. The Morgan fingerprint density at radius 1 is 1.55 bits per heavy atom. The molecule has 0 fully saturated rings. The molecule has 1 unspecified atom stereocenters. The van der Waals surface area contributed by atoms with Gasteiger partial charge in [0.25, 0.3) is 0 Å². The summed E-state index contributed by atoms with van der Waals surface area (Å²) in [7, 11) is 0. The molecular weight excluding hydrogens is 202 g/mol. The predicted molar refractivity (Wildman–Crippen MR) is 53.4 cm³/mol. The molecule has 1 atom stereocenters. The van der Waals surface area contributed by atoms with Crippen molar-refractivity contribution in [3.05, 3.63) is 11.8 Å². The summed E-state index contributed by atoms with van der Waals surface area (Å²) in [6.45, 7) is 6.55. The van der Waals surface area contributed by atoms with Gasteiger partial charge in [-0.15, -0.1) is 0 Å². The molecule has 62 valence electrons. The maximum atomic E-state index is 4.36. The Kier molecular flexibility index (Phi) is 2.53. The van der Waals surface area contributed by atoms with Crippen LogP contribution in [0.1, 0.15) is 27.2 Å². The zero-order valence-corrected chi connectivity index (χ0v) is 8.85. The van der Waals surface area contributed by atoms with Gasteiger partial charge in [-0.2, -0.15) is 0 Å². The first-order valence-corrected chi connectivity index (χ1v) is 4.80. The fourth-order valence-electron chi connectivity index (χ4n) is 0.978. The van der Waals surface area contributed by atoms with Crippen molar-refractivity contribution in [3.8, 4) is 0 Å².